The minimum Gasteiger partial charge on any atom is -0.497 e. The van der Waals surface area contributed by atoms with E-state index >= 15 is 0 Å². The summed E-state index contributed by atoms with van der Waals surface area (Å²) in [6, 6.07) is 4.66. The minimum absolute atomic E-state index is 0.0910. The molecule has 1 aliphatic heterocycles. The van der Waals surface area contributed by atoms with Crippen LogP contribution in [0.15, 0.2) is 18.2 Å². The summed E-state index contributed by atoms with van der Waals surface area (Å²) >= 11 is 0. The van der Waals surface area contributed by atoms with Gasteiger partial charge in [-0.15, -0.1) is 0 Å². The molecule has 1 unspecified atom stereocenters. The predicted octanol–water partition coefficient (Wildman–Crippen LogP) is 1.67. The fourth-order valence-corrected chi connectivity index (χ4v) is 1.31. The van der Waals surface area contributed by atoms with Crippen molar-refractivity contribution < 1.29 is 14.4 Å². The van der Waals surface area contributed by atoms with Crippen molar-refractivity contribution in [2.24, 2.45) is 0 Å². The lowest BCUT2D eigenvalue weighted by Gasteiger charge is -2.02. The number of nitro benzene ring substituents is 1. The van der Waals surface area contributed by atoms with Gasteiger partial charge in [0.15, 0.2) is 0 Å². The van der Waals surface area contributed by atoms with Crippen LogP contribution < -0.4 is 4.74 Å². The zero-order valence-corrected chi connectivity index (χ0v) is 7.60. The number of benzene rings is 1. The lowest BCUT2D eigenvalue weighted by Crippen LogP contribution is -1.95. The molecule has 0 amide bonds. The van der Waals surface area contributed by atoms with Gasteiger partial charge in [-0.05, 0) is 12.1 Å². The van der Waals surface area contributed by atoms with E-state index in [1.165, 1.54) is 13.2 Å². The molecule has 0 saturated carbocycles. The molecule has 1 aliphatic rings. The van der Waals surface area contributed by atoms with E-state index in [9.17, 15) is 10.1 Å². The molecule has 0 aromatic heterocycles. The van der Waals surface area contributed by atoms with Crippen LogP contribution in [0.1, 0.15) is 11.7 Å². The standard InChI is InChI=1S/C9H9NO4/c1-13-6-2-3-8(10(11)12)7(4-6)9-5-14-9/h2-4,9H,5H2,1H3. The van der Waals surface area contributed by atoms with Crippen LogP contribution in [-0.4, -0.2) is 18.6 Å². The van der Waals surface area contributed by atoms with Crippen molar-refractivity contribution in [3.8, 4) is 5.75 Å². The second kappa shape index (κ2) is 3.26. The number of ether oxygens (including phenoxy) is 2. The van der Waals surface area contributed by atoms with Crippen LogP contribution in [-0.2, 0) is 4.74 Å². The van der Waals surface area contributed by atoms with Gasteiger partial charge in [0.05, 0.1) is 24.2 Å². The number of methoxy groups -OCH3 is 1. The monoisotopic (exact) mass is 195 g/mol. The Morgan fingerprint density at radius 2 is 2.36 bits per heavy atom. The molecule has 74 valence electrons. The van der Waals surface area contributed by atoms with Crippen molar-refractivity contribution in [2.75, 3.05) is 13.7 Å². The van der Waals surface area contributed by atoms with Gasteiger partial charge in [-0.3, -0.25) is 10.1 Å². The molecule has 1 aromatic carbocycles. The number of nitro groups is 1. The Balaban J connectivity index is 2.43. The van der Waals surface area contributed by atoms with Crippen LogP contribution >= 0.6 is 0 Å². The average Bonchev–Trinajstić information content (AvgIpc) is 3.00. The molecule has 0 aliphatic carbocycles. The number of nitrogens with zero attached hydrogens (tertiary/aromatic N) is 1. The molecule has 1 atom stereocenters. The maximum absolute atomic E-state index is 10.7. The molecular weight excluding hydrogens is 186 g/mol. The quantitative estimate of drug-likeness (QED) is 0.418. The highest BCUT2D eigenvalue weighted by Crippen LogP contribution is 2.37. The molecule has 0 N–H and O–H groups in total. The smallest absolute Gasteiger partial charge is 0.275 e. The van der Waals surface area contributed by atoms with Gasteiger partial charge >= 0.3 is 0 Å². The van der Waals surface area contributed by atoms with Crippen molar-refractivity contribution in [1.82, 2.24) is 0 Å². The predicted molar refractivity (Wildman–Crippen MR) is 48.3 cm³/mol. The third kappa shape index (κ3) is 1.54. The van der Waals surface area contributed by atoms with Crippen molar-refractivity contribution in [1.29, 1.82) is 0 Å². The van der Waals surface area contributed by atoms with Crippen LogP contribution in [0.5, 0.6) is 5.75 Å². The normalized spacial score (nSPS) is 19.1. The summed E-state index contributed by atoms with van der Waals surface area (Å²) in [6.07, 6.45) is -0.134. The Morgan fingerprint density at radius 3 is 2.86 bits per heavy atom. The fraction of sp³-hybridized carbons (Fsp3) is 0.333. The summed E-state index contributed by atoms with van der Waals surface area (Å²) in [7, 11) is 1.53. The van der Waals surface area contributed by atoms with Gasteiger partial charge in [0.25, 0.3) is 5.69 Å². The second-order valence-corrected chi connectivity index (χ2v) is 3.00. The Bertz CT molecular complexity index is 373. The van der Waals surface area contributed by atoms with Crippen molar-refractivity contribution in [3.63, 3.8) is 0 Å². The maximum Gasteiger partial charge on any atom is 0.275 e. The third-order valence-corrected chi connectivity index (χ3v) is 2.11. The van der Waals surface area contributed by atoms with E-state index in [2.05, 4.69) is 0 Å². The highest BCUT2D eigenvalue weighted by Gasteiger charge is 2.32. The lowest BCUT2D eigenvalue weighted by atomic mass is 10.1. The van der Waals surface area contributed by atoms with Crippen LogP contribution in [0.2, 0.25) is 0 Å². The zero-order valence-electron chi connectivity index (χ0n) is 7.60. The van der Waals surface area contributed by atoms with Crippen LogP contribution in [0.25, 0.3) is 0 Å². The summed E-state index contributed by atoms with van der Waals surface area (Å²) in [4.78, 5) is 10.3. The van der Waals surface area contributed by atoms with Crippen molar-refractivity contribution >= 4 is 5.69 Å². The fourth-order valence-electron chi connectivity index (χ4n) is 1.31. The Labute approximate surface area is 80.4 Å². The molecule has 1 fully saturated rings. The number of rotatable bonds is 3. The largest absolute Gasteiger partial charge is 0.497 e. The molecule has 1 heterocycles. The van der Waals surface area contributed by atoms with Crippen LogP contribution in [0.4, 0.5) is 5.69 Å². The van der Waals surface area contributed by atoms with E-state index in [0.29, 0.717) is 17.9 Å². The van der Waals surface area contributed by atoms with Gasteiger partial charge in [-0.1, -0.05) is 0 Å². The van der Waals surface area contributed by atoms with Crippen molar-refractivity contribution in [3.05, 3.63) is 33.9 Å². The summed E-state index contributed by atoms with van der Waals surface area (Å²) in [5.41, 5.74) is 0.683. The zero-order chi connectivity index (χ0) is 10.1. The summed E-state index contributed by atoms with van der Waals surface area (Å²) < 4.78 is 10.0. The van der Waals surface area contributed by atoms with E-state index in [0.717, 1.165) is 0 Å². The number of hydrogen-bond acceptors (Lipinski definition) is 4. The summed E-state index contributed by atoms with van der Waals surface area (Å²) in [5.74, 6) is 0.612. The molecule has 2 rings (SSSR count). The average molecular weight is 195 g/mol. The SMILES string of the molecule is COc1ccc([N+](=O)[O-])c(C2CO2)c1. The van der Waals surface area contributed by atoms with E-state index in [1.54, 1.807) is 12.1 Å². The molecule has 0 radical (unpaired) electrons. The molecule has 5 nitrogen and oxygen atoms in total. The van der Waals surface area contributed by atoms with Gasteiger partial charge < -0.3 is 9.47 Å². The second-order valence-electron chi connectivity index (χ2n) is 3.00. The maximum atomic E-state index is 10.7. The van der Waals surface area contributed by atoms with Crippen molar-refractivity contribution in [2.45, 2.75) is 6.10 Å². The summed E-state index contributed by atoms with van der Waals surface area (Å²) in [6.45, 7) is 0.550. The highest BCUT2D eigenvalue weighted by molar-refractivity contribution is 5.47. The van der Waals surface area contributed by atoms with Gasteiger partial charge in [0.2, 0.25) is 0 Å². The van der Waals surface area contributed by atoms with E-state index in [4.69, 9.17) is 9.47 Å². The molecule has 0 spiro atoms. The van der Waals surface area contributed by atoms with Crippen LogP contribution in [0, 0.1) is 10.1 Å². The number of hydrogen-bond donors (Lipinski definition) is 0. The number of epoxide rings is 1. The lowest BCUT2D eigenvalue weighted by molar-refractivity contribution is -0.385. The first kappa shape index (κ1) is 8.96. The molecule has 0 bridgehead atoms. The van der Waals surface area contributed by atoms with E-state index < -0.39 is 4.92 Å². The van der Waals surface area contributed by atoms with Crippen LogP contribution in [0.3, 0.4) is 0 Å². The first-order valence-corrected chi connectivity index (χ1v) is 4.16. The molecule has 5 heteroatoms. The molecule has 1 saturated heterocycles. The molecule has 1 aromatic rings. The Hall–Kier alpha value is -1.62. The highest BCUT2D eigenvalue weighted by atomic mass is 16.6. The Kier molecular flexibility index (Phi) is 2.09. The Morgan fingerprint density at radius 1 is 1.64 bits per heavy atom. The topological polar surface area (TPSA) is 64.9 Å². The van der Waals surface area contributed by atoms with E-state index in [1.807, 2.05) is 0 Å². The van der Waals surface area contributed by atoms with Gasteiger partial charge in [-0.25, -0.2) is 0 Å². The molecule has 14 heavy (non-hydrogen) atoms. The van der Waals surface area contributed by atoms with Gasteiger partial charge in [0.1, 0.15) is 11.9 Å². The van der Waals surface area contributed by atoms with Gasteiger partial charge in [0, 0.05) is 6.07 Å². The first-order valence-electron chi connectivity index (χ1n) is 4.16. The molecular formula is C9H9NO4. The minimum atomic E-state index is -0.406. The summed E-state index contributed by atoms with van der Waals surface area (Å²) in [5, 5.41) is 10.7. The first-order chi connectivity index (χ1) is 6.72. The van der Waals surface area contributed by atoms with E-state index in [-0.39, 0.29) is 11.8 Å². The third-order valence-electron chi connectivity index (χ3n) is 2.11. The van der Waals surface area contributed by atoms with Gasteiger partial charge in [-0.2, -0.15) is 0 Å².